The van der Waals surface area contributed by atoms with E-state index in [4.69, 9.17) is 5.73 Å². The van der Waals surface area contributed by atoms with Crippen molar-refractivity contribution in [3.8, 4) is 0 Å². The number of hydrogen-bond donors (Lipinski definition) is 1. The summed E-state index contributed by atoms with van der Waals surface area (Å²) >= 11 is 1.05. The van der Waals surface area contributed by atoms with Gasteiger partial charge in [0.05, 0.1) is 4.90 Å². The first kappa shape index (κ1) is 13.0. The van der Waals surface area contributed by atoms with Crippen molar-refractivity contribution in [3.63, 3.8) is 0 Å². The molecule has 5 heteroatoms. The Kier molecular flexibility index (Phi) is 4.28. The summed E-state index contributed by atoms with van der Waals surface area (Å²) in [4.78, 5) is 4.60. The van der Waals surface area contributed by atoms with E-state index in [0.717, 1.165) is 16.7 Å². The van der Waals surface area contributed by atoms with E-state index in [9.17, 15) is 8.78 Å². The monoisotopic (exact) mass is 266 g/mol. The lowest BCUT2D eigenvalue weighted by Gasteiger charge is -2.07. The highest BCUT2D eigenvalue weighted by Gasteiger charge is 2.12. The molecule has 0 bridgehead atoms. The van der Waals surface area contributed by atoms with Crippen LogP contribution in [0.3, 0.4) is 0 Å². The van der Waals surface area contributed by atoms with E-state index < -0.39 is 11.6 Å². The molecule has 0 amide bonds. The molecule has 0 radical (unpaired) electrons. The third-order valence-corrected chi connectivity index (χ3v) is 3.46. The molecule has 0 saturated heterocycles. The second-order valence-electron chi connectivity index (χ2n) is 3.71. The van der Waals surface area contributed by atoms with Crippen molar-refractivity contribution >= 4 is 11.8 Å². The predicted octanol–water partition coefficient (Wildman–Crippen LogP) is 3.01. The number of benzene rings is 1. The molecule has 1 heterocycles. The van der Waals surface area contributed by atoms with Crippen molar-refractivity contribution in [2.24, 2.45) is 5.73 Å². The van der Waals surface area contributed by atoms with Gasteiger partial charge in [0.25, 0.3) is 0 Å². The molecule has 2 nitrogen and oxygen atoms in total. The van der Waals surface area contributed by atoms with Gasteiger partial charge in [-0.25, -0.2) is 8.78 Å². The Morgan fingerprint density at radius 2 is 1.72 bits per heavy atom. The van der Waals surface area contributed by atoms with Crippen LogP contribution in [0.4, 0.5) is 8.78 Å². The molecule has 1 aromatic heterocycles. The van der Waals surface area contributed by atoms with Crippen LogP contribution in [-0.2, 0) is 6.42 Å². The average molecular weight is 266 g/mol. The van der Waals surface area contributed by atoms with Gasteiger partial charge in [0.15, 0.2) is 0 Å². The van der Waals surface area contributed by atoms with E-state index in [2.05, 4.69) is 4.98 Å². The zero-order chi connectivity index (χ0) is 13.0. The van der Waals surface area contributed by atoms with Gasteiger partial charge in [-0.2, -0.15) is 0 Å². The minimum absolute atomic E-state index is 0.00183. The van der Waals surface area contributed by atoms with Gasteiger partial charge in [-0.05, 0) is 42.8 Å². The fourth-order valence-electron chi connectivity index (χ4n) is 1.55. The van der Waals surface area contributed by atoms with Crippen LogP contribution in [0, 0.1) is 11.6 Å². The lowest BCUT2D eigenvalue weighted by Crippen LogP contribution is -2.04. The molecule has 0 aliphatic heterocycles. The number of halogens is 2. The van der Waals surface area contributed by atoms with Crippen molar-refractivity contribution in [2.45, 2.75) is 16.2 Å². The summed E-state index contributed by atoms with van der Waals surface area (Å²) in [6, 6.07) is 6.08. The number of rotatable bonds is 4. The molecule has 0 spiro atoms. The van der Waals surface area contributed by atoms with E-state index in [0.29, 0.717) is 18.5 Å². The molecule has 0 saturated carbocycles. The third-order valence-electron chi connectivity index (χ3n) is 2.36. The summed E-state index contributed by atoms with van der Waals surface area (Å²) in [5.74, 6) is -1.11. The Morgan fingerprint density at radius 1 is 1.11 bits per heavy atom. The topological polar surface area (TPSA) is 38.9 Å². The van der Waals surface area contributed by atoms with Gasteiger partial charge in [-0.15, -0.1) is 0 Å². The highest BCUT2D eigenvalue weighted by Crippen LogP contribution is 2.32. The highest BCUT2D eigenvalue weighted by molar-refractivity contribution is 7.99. The van der Waals surface area contributed by atoms with Gasteiger partial charge in [0.1, 0.15) is 11.6 Å². The normalized spacial score (nSPS) is 10.6. The third kappa shape index (κ3) is 3.05. The molecule has 0 unspecified atom stereocenters. The number of aromatic nitrogens is 1. The van der Waals surface area contributed by atoms with Crippen LogP contribution in [0.5, 0.6) is 0 Å². The Morgan fingerprint density at radius 3 is 2.28 bits per heavy atom. The second-order valence-corrected chi connectivity index (χ2v) is 4.80. The summed E-state index contributed by atoms with van der Waals surface area (Å²) in [6.07, 6.45) is 3.63. The summed E-state index contributed by atoms with van der Waals surface area (Å²) in [5, 5.41) is 0. The van der Waals surface area contributed by atoms with Gasteiger partial charge < -0.3 is 5.73 Å². The summed E-state index contributed by atoms with van der Waals surface area (Å²) in [7, 11) is 0. The second kappa shape index (κ2) is 5.93. The smallest absolute Gasteiger partial charge is 0.140 e. The van der Waals surface area contributed by atoms with Crippen LogP contribution >= 0.6 is 11.8 Å². The van der Waals surface area contributed by atoms with Crippen molar-refractivity contribution in [1.29, 1.82) is 0 Å². The highest BCUT2D eigenvalue weighted by atomic mass is 32.2. The van der Waals surface area contributed by atoms with E-state index in [1.807, 2.05) is 0 Å². The molecular formula is C13H12F2N2S. The maximum atomic E-state index is 13.8. The zero-order valence-electron chi connectivity index (χ0n) is 9.57. The Hall–Kier alpha value is -1.46. The zero-order valence-corrected chi connectivity index (χ0v) is 10.4. The van der Waals surface area contributed by atoms with Crippen LogP contribution in [-0.4, -0.2) is 11.5 Å². The molecule has 0 fully saturated rings. The standard InChI is InChI=1S/C13H12F2N2S/c14-11-7-9(1-4-16)8-12(15)13(11)18-10-2-5-17-6-3-10/h2-3,5-8H,1,4,16H2. The Balaban J connectivity index is 2.28. The molecule has 18 heavy (non-hydrogen) atoms. The van der Waals surface area contributed by atoms with Crippen LogP contribution in [0.2, 0.25) is 0 Å². The maximum absolute atomic E-state index is 13.8. The van der Waals surface area contributed by atoms with Gasteiger partial charge in [-0.1, -0.05) is 11.8 Å². The number of nitrogens with two attached hydrogens (primary N) is 1. The number of hydrogen-bond acceptors (Lipinski definition) is 3. The number of nitrogens with zero attached hydrogens (tertiary/aromatic N) is 1. The van der Waals surface area contributed by atoms with Crippen molar-refractivity contribution in [1.82, 2.24) is 4.98 Å². The largest absolute Gasteiger partial charge is 0.330 e. The predicted molar refractivity (Wildman–Crippen MR) is 67.5 cm³/mol. The number of pyridine rings is 1. The molecule has 0 atom stereocenters. The van der Waals surface area contributed by atoms with Gasteiger partial charge in [-0.3, -0.25) is 4.98 Å². The first-order valence-corrected chi connectivity index (χ1v) is 6.28. The fraction of sp³-hybridized carbons (Fsp3) is 0.154. The van der Waals surface area contributed by atoms with E-state index >= 15 is 0 Å². The molecular weight excluding hydrogens is 254 g/mol. The SMILES string of the molecule is NCCc1cc(F)c(Sc2ccncc2)c(F)c1. The maximum Gasteiger partial charge on any atom is 0.140 e. The van der Waals surface area contributed by atoms with Crippen molar-refractivity contribution in [2.75, 3.05) is 6.54 Å². The Bertz CT molecular complexity index is 509. The lowest BCUT2D eigenvalue weighted by molar-refractivity contribution is 0.537. The van der Waals surface area contributed by atoms with Gasteiger partial charge in [0.2, 0.25) is 0 Å². The minimum atomic E-state index is -0.555. The van der Waals surface area contributed by atoms with E-state index in [-0.39, 0.29) is 4.90 Å². The van der Waals surface area contributed by atoms with E-state index in [1.54, 1.807) is 24.5 Å². The lowest BCUT2D eigenvalue weighted by atomic mass is 10.1. The first-order valence-electron chi connectivity index (χ1n) is 5.46. The molecule has 1 aromatic carbocycles. The van der Waals surface area contributed by atoms with Crippen LogP contribution in [0.25, 0.3) is 0 Å². The molecule has 94 valence electrons. The van der Waals surface area contributed by atoms with Gasteiger partial charge >= 0.3 is 0 Å². The van der Waals surface area contributed by atoms with Crippen molar-refractivity contribution in [3.05, 3.63) is 53.9 Å². The fourth-order valence-corrected chi connectivity index (χ4v) is 2.35. The van der Waals surface area contributed by atoms with E-state index in [1.165, 1.54) is 12.1 Å². The summed E-state index contributed by atoms with van der Waals surface area (Å²) < 4.78 is 27.6. The quantitative estimate of drug-likeness (QED) is 0.924. The Labute approximate surface area is 108 Å². The average Bonchev–Trinajstić information content (AvgIpc) is 2.36. The molecule has 0 aliphatic rings. The summed E-state index contributed by atoms with van der Waals surface area (Å²) in [6.45, 7) is 0.371. The van der Waals surface area contributed by atoms with Gasteiger partial charge in [0, 0.05) is 17.3 Å². The van der Waals surface area contributed by atoms with Crippen LogP contribution < -0.4 is 5.73 Å². The van der Waals surface area contributed by atoms with Crippen molar-refractivity contribution < 1.29 is 8.78 Å². The molecule has 2 rings (SSSR count). The molecule has 2 aromatic rings. The molecule has 0 aliphatic carbocycles. The van der Waals surface area contributed by atoms with Crippen LogP contribution in [0.15, 0.2) is 46.5 Å². The molecule has 2 N–H and O–H groups in total. The first-order chi connectivity index (χ1) is 8.70. The summed E-state index contributed by atoms with van der Waals surface area (Å²) in [5.41, 5.74) is 5.94. The minimum Gasteiger partial charge on any atom is -0.330 e. The van der Waals surface area contributed by atoms with Crippen LogP contribution in [0.1, 0.15) is 5.56 Å².